The SMILES string of the molecule is COc1cc(/C=C2\SC(=O)N(CC(=O)Nc3ccc4c(c3)OCCO4)C2=O)cc(Cl)c1OCc1ccccc1. The molecule has 0 bridgehead atoms. The molecule has 0 atom stereocenters. The van der Waals surface area contributed by atoms with Crippen molar-refractivity contribution in [1.29, 1.82) is 0 Å². The van der Waals surface area contributed by atoms with Gasteiger partial charge in [-0.05, 0) is 53.2 Å². The number of rotatable bonds is 8. The standard InChI is InChI=1S/C28H23ClN2O7S/c1-35-23-12-18(11-20(29)26(23)38-16-17-5-3-2-4-6-17)13-24-27(33)31(28(34)39-24)15-25(32)30-19-7-8-21-22(14-19)37-10-9-36-21/h2-8,11-14H,9-10,15-16H2,1H3,(H,30,32)/b24-13-. The Kier molecular flexibility index (Phi) is 7.94. The maximum absolute atomic E-state index is 13.0. The molecule has 0 spiro atoms. The van der Waals surface area contributed by atoms with Crippen LogP contribution >= 0.6 is 23.4 Å². The van der Waals surface area contributed by atoms with Gasteiger partial charge in [0.05, 0.1) is 17.0 Å². The number of fused-ring (bicyclic) bond motifs is 1. The minimum Gasteiger partial charge on any atom is -0.493 e. The normalized spacial score (nSPS) is 15.4. The number of halogens is 1. The predicted octanol–water partition coefficient (Wildman–Crippen LogP) is 5.37. The van der Waals surface area contributed by atoms with Crippen LogP contribution in [0.4, 0.5) is 10.5 Å². The first-order valence-electron chi connectivity index (χ1n) is 11.9. The third kappa shape index (κ3) is 6.13. The lowest BCUT2D eigenvalue weighted by atomic mass is 10.1. The van der Waals surface area contributed by atoms with Gasteiger partial charge in [-0.1, -0.05) is 41.9 Å². The van der Waals surface area contributed by atoms with E-state index in [2.05, 4.69) is 5.32 Å². The Morgan fingerprint density at radius 3 is 2.62 bits per heavy atom. The molecule has 2 heterocycles. The zero-order chi connectivity index (χ0) is 27.4. The van der Waals surface area contributed by atoms with Crippen LogP contribution in [0.25, 0.3) is 6.08 Å². The highest BCUT2D eigenvalue weighted by atomic mass is 35.5. The van der Waals surface area contributed by atoms with Crippen molar-refractivity contribution >= 4 is 52.2 Å². The third-order valence-electron chi connectivity index (χ3n) is 5.78. The lowest BCUT2D eigenvalue weighted by Crippen LogP contribution is -2.36. The summed E-state index contributed by atoms with van der Waals surface area (Å²) in [6, 6.07) is 17.9. The van der Waals surface area contributed by atoms with Crippen LogP contribution in [0, 0.1) is 0 Å². The number of anilines is 1. The maximum atomic E-state index is 13.0. The first-order valence-corrected chi connectivity index (χ1v) is 13.1. The largest absolute Gasteiger partial charge is 0.493 e. The first-order chi connectivity index (χ1) is 18.9. The van der Waals surface area contributed by atoms with Crippen molar-refractivity contribution in [1.82, 2.24) is 4.90 Å². The molecule has 200 valence electrons. The molecule has 3 aromatic carbocycles. The highest BCUT2D eigenvalue weighted by molar-refractivity contribution is 8.18. The number of benzene rings is 3. The molecule has 39 heavy (non-hydrogen) atoms. The molecule has 1 fully saturated rings. The molecule has 0 unspecified atom stereocenters. The zero-order valence-corrected chi connectivity index (χ0v) is 22.3. The lowest BCUT2D eigenvalue weighted by Gasteiger charge is -2.19. The molecule has 0 aromatic heterocycles. The van der Waals surface area contributed by atoms with E-state index in [1.165, 1.54) is 13.2 Å². The summed E-state index contributed by atoms with van der Waals surface area (Å²) in [6.07, 6.45) is 1.53. The van der Waals surface area contributed by atoms with Crippen LogP contribution in [-0.2, 0) is 16.2 Å². The minimum absolute atomic E-state index is 0.156. The number of carbonyl (C=O) groups is 3. The Morgan fingerprint density at radius 2 is 1.85 bits per heavy atom. The maximum Gasteiger partial charge on any atom is 0.294 e. The van der Waals surface area contributed by atoms with Gasteiger partial charge >= 0.3 is 0 Å². The predicted molar refractivity (Wildman–Crippen MR) is 148 cm³/mol. The van der Waals surface area contributed by atoms with Crippen LogP contribution in [0.1, 0.15) is 11.1 Å². The third-order valence-corrected chi connectivity index (χ3v) is 6.96. The fraction of sp³-hybridized carbons (Fsp3) is 0.179. The number of thioether (sulfide) groups is 1. The van der Waals surface area contributed by atoms with Crippen LogP contribution in [0.5, 0.6) is 23.0 Å². The van der Waals surface area contributed by atoms with Gasteiger partial charge in [-0.25, -0.2) is 0 Å². The second-order valence-corrected chi connectivity index (χ2v) is 9.88. The van der Waals surface area contributed by atoms with Crippen LogP contribution < -0.4 is 24.3 Å². The van der Waals surface area contributed by atoms with E-state index in [0.29, 0.717) is 54.1 Å². The number of methoxy groups -OCH3 is 1. The summed E-state index contributed by atoms with van der Waals surface area (Å²) in [5.41, 5.74) is 1.96. The molecule has 0 saturated carbocycles. The number of imide groups is 1. The van der Waals surface area contributed by atoms with Crippen molar-refractivity contribution in [3.05, 3.63) is 81.7 Å². The highest BCUT2D eigenvalue weighted by Crippen LogP contribution is 2.39. The summed E-state index contributed by atoms with van der Waals surface area (Å²) >= 11 is 7.22. The average molecular weight is 567 g/mol. The van der Waals surface area contributed by atoms with Crippen LogP contribution in [0.3, 0.4) is 0 Å². The Hall–Kier alpha value is -4.15. The molecule has 3 amide bonds. The molecule has 2 aliphatic rings. The van der Waals surface area contributed by atoms with E-state index in [1.54, 1.807) is 30.3 Å². The van der Waals surface area contributed by atoms with Crippen molar-refractivity contribution in [2.75, 3.05) is 32.2 Å². The molecule has 0 aliphatic carbocycles. The summed E-state index contributed by atoms with van der Waals surface area (Å²) in [6.45, 7) is 0.723. The number of hydrogen-bond acceptors (Lipinski definition) is 8. The van der Waals surface area contributed by atoms with E-state index in [1.807, 2.05) is 30.3 Å². The van der Waals surface area contributed by atoms with Crippen molar-refractivity contribution in [2.24, 2.45) is 0 Å². The molecule has 2 aliphatic heterocycles. The van der Waals surface area contributed by atoms with Gasteiger partial charge < -0.3 is 24.3 Å². The van der Waals surface area contributed by atoms with Gasteiger partial charge in [0.15, 0.2) is 23.0 Å². The number of nitrogens with one attached hydrogen (secondary N) is 1. The van der Waals surface area contributed by atoms with Crippen LogP contribution in [0.15, 0.2) is 65.6 Å². The van der Waals surface area contributed by atoms with E-state index >= 15 is 0 Å². The smallest absolute Gasteiger partial charge is 0.294 e. The number of hydrogen-bond donors (Lipinski definition) is 1. The fourth-order valence-corrected chi connectivity index (χ4v) is 5.06. The van der Waals surface area contributed by atoms with E-state index in [4.69, 9.17) is 30.5 Å². The van der Waals surface area contributed by atoms with Crippen molar-refractivity contribution in [3.8, 4) is 23.0 Å². The number of ether oxygens (including phenoxy) is 4. The van der Waals surface area contributed by atoms with Gasteiger partial charge in [-0.3, -0.25) is 19.3 Å². The Balaban J connectivity index is 1.26. The van der Waals surface area contributed by atoms with Gasteiger partial charge in [0.2, 0.25) is 5.91 Å². The van der Waals surface area contributed by atoms with E-state index < -0.39 is 23.6 Å². The molecular weight excluding hydrogens is 544 g/mol. The highest BCUT2D eigenvalue weighted by Gasteiger charge is 2.36. The number of carbonyl (C=O) groups excluding carboxylic acids is 3. The molecule has 0 radical (unpaired) electrons. The van der Waals surface area contributed by atoms with E-state index in [-0.39, 0.29) is 9.93 Å². The van der Waals surface area contributed by atoms with E-state index in [9.17, 15) is 14.4 Å². The van der Waals surface area contributed by atoms with Gasteiger partial charge in [-0.2, -0.15) is 0 Å². The molecule has 9 nitrogen and oxygen atoms in total. The molecule has 5 rings (SSSR count). The lowest BCUT2D eigenvalue weighted by molar-refractivity contribution is -0.127. The minimum atomic E-state index is -0.582. The van der Waals surface area contributed by atoms with E-state index in [0.717, 1.165) is 22.2 Å². The number of amides is 3. The zero-order valence-electron chi connectivity index (χ0n) is 20.8. The monoisotopic (exact) mass is 566 g/mol. The average Bonchev–Trinajstić information content (AvgIpc) is 3.19. The Labute approximate surface area is 233 Å². The second kappa shape index (κ2) is 11.7. The molecular formula is C28H23ClN2O7S. The number of nitrogens with zero attached hydrogens (tertiary/aromatic N) is 1. The van der Waals surface area contributed by atoms with Crippen LogP contribution in [-0.4, -0.2) is 48.8 Å². The van der Waals surface area contributed by atoms with Crippen molar-refractivity contribution in [3.63, 3.8) is 0 Å². The van der Waals surface area contributed by atoms with Crippen molar-refractivity contribution in [2.45, 2.75) is 6.61 Å². The Bertz CT molecular complexity index is 1460. The van der Waals surface area contributed by atoms with Gasteiger partial charge in [0, 0.05) is 11.8 Å². The van der Waals surface area contributed by atoms with Gasteiger partial charge in [0.25, 0.3) is 11.1 Å². The first kappa shape index (κ1) is 26.5. The molecule has 1 N–H and O–H groups in total. The van der Waals surface area contributed by atoms with Gasteiger partial charge in [0.1, 0.15) is 26.4 Å². The fourth-order valence-electron chi connectivity index (χ4n) is 3.95. The topological polar surface area (TPSA) is 103 Å². The molecule has 1 saturated heterocycles. The summed E-state index contributed by atoms with van der Waals surface area (Å²) in [4.78, 5) is 39.2. The van der Waals surface area contributed by atoms with Crippen molar-refractivity contribution < 1.29 is 33.3 Å². The quantitative estimate of drug-likeness (QED) is 0.363. The molecule has 3 aromatic rings. The summed E-state index contributed by atoms with van der Waals surface area (Å²) in [7, 11) is 1.49. The Morgan fingerprint density at radius 1 is 1.08 bits per heavy atom. The summed E-state index contributed by atoms with van der Waals surface area (Å²) in [5, 5.41) is 2.42. The second-order valence-electron chi connectivity index (χ2n) is 8.48. The van der Waals surface area contributed by atoms with Gasteiger partial charge in [-0.15, -0.1) is 0 Å². The molecule has 11 heteroatoms. The summed E-state index contributed by atoms with van der Waals surface area (Å²) in [5.74, 6) is 0.732. The summed E-state index contributed by atoms with van der Waals surface area (Å²) < 4.78 is 22.3. The van der Waals surface area contributed by atoms with Crippen LogP contribution in [0.2, 0.25) is 5.02 Å².